The third kappa shape index (κ3) is 2.41. The summed E-state index contributed by atoms with van der Waals surface area (Å²) < 4.78 is 1.98. The molecule has 1 saturated heterocycles. The Kier molecular flexibility index (Phi) is 3.71. The lowest BCUT2D eigenvalue weighted by molar-refractivity contribution is -0.146. The standard InChI is InChI=1S/C13H21N3O2/c1-4-5-12(17)13(18)15-7-11(8-15)16-10(3)6-9(2)14-16/h6,11-12,17H,4-5,7-8H2,1-3H3/t12-/m0/s1. The highest BCUT2D eigenvalue weighted by Crippen LogP contribution is 2.23. The first-order chi connectivity index (χ1) is 8.52. The van der Waals surface area contributed by atoms with E-state index in [2.05, 4.69) is 5.10 Å². The second-order valence-corrected chi connectivity index (χ2v) is 5.07. The van der Waals surface area contributed by atoms with Gasteiger partial charge in [0.1, 0.15) is 6.10 Å². The zero-order chi connectivity index (χ0) is 13.3. The lowest BCUT2D eigenvalue weighted by Gasteiger charge is -2.40. The van der Waals surface area contributed by atoms with E-state index in [1.807, 2.05) is 31.5 Å². The van der Waals surface area contributed by atoms with E-state index in [4.69, 9.17) is 0 Å². The van der Waals surface area contributed by atoms with Crippen LogP contribution in [-0.2, 0) is 4.79 Å². The first kappa shape index (κ1) is 13.1. The number of amides is 1. The molecular formula is C13H21N3O2. The Morgan fingerprint density at radius 3 is 2.72 bits per heavy atom. The lowest BCUT2D eigenvalue weighted by Crippen LogP contribution is -2.54. The van der Waals surface area contributed by atoms with E-state index >= 15 is 0 Å². The molecule has 5 nitrogen and oxygen atoms in total. The van der Waals surface area contributed by atoms with Crippen molar-refractivity contribution in [2.45, 2.75) is 45.8 Å². The summed E-state index contributed by atoms with van der Waals surface area (Å²) in [7, 11) is 0. The highest BCUT2D eigenvalue weighted by atomic mass is 16.3. The Hall–Kier alpha value is -1.36. The van der Waals surface area contributed by atoms with Crippen LogP contribution in [0, 0.1) is 13.8 Å². The van der Waals surface area contributed by atoms with Gasteiger partial charge in [-0.05, 0) is 26.3 Å². The molecule has 1 aromatic heterocycles. The fourth-order valence-corrected chi connectivity index (χ4v) is 2.41. The van der Waals surface area contributed by atoms with Gasteiger partial charge in [0.25, 0.3) is 5.91 Å². The van der Waals surface area contributed by atoms with E-state index in [1.54, 1.807) is 4.90 Å². The number of aryl methyl sites for hydroxylation is 2. The van der Waals surface area contributed by atoms with Crippen molar-refractivity contribution in [3.63, 3.8) is 0 Å². The van der Waals surface area contributed by atoms with Gasteiger partial charge in [0.05, 0.1) is 11.7 Å². The molecule has 1 fully saturated rings. The summed E-state index contributed by atoms with van der Waals surface area (Å²) in [5, 5.41) is 14.1. The first-order valence-electron chi connectivity index (χ1n) is 6.52. The minimum Gasteiger partial charge on any atom is -0.383 e. The van der Waals surface area contributed by atoms with E-state index in [1.165, 1.54) is 0 Å². The zero-order valence-corrected chi connectivity index (χ0v) is 11.3. The molecule has 5 heteroatoms. The number of rotatable bonds is 4. The summed E-state index contributed by atoms with van der Waals surface area (Å²) in [5.41, 5.74) is 2.13. The third-order valence-electron chi connectivity index (χ3n) is 3.41. The van der Waals surface area contributed by atoms with Crippen molar-refractivity contribution in [3.05, 3.63) is 17.5 Å². The van der Waals surface area contributed by atoms with Crippen LogP contribution in [0.3, 0.4) is 0 Å². The largest absolute Gasteiger partial charge is 0.383 e. The normalized spacial score (nSPS) is 17.7. The molecule has 0 spiro atoms. The van der Waals surface area contributed by atoms with E-state index in [9.17, 15) is 9.90 Å². The van der Waals surface area contributed by atoms with Crippen LogP contribution in [0.15, 0.2) is 6.07 Å². The quantitative estimate of drug-likeness (QED) is 0.870. The van der Waals surface area contributed by atoms with Crippen LogP contribution in [0.5, 0.6) is 0 Å². The first-order valence-corrected chi connectivity index (χ1v) is 6.52. The van der Waals surface area contributed by atoms with Gasteiger partial charge in [0, 0.05) is 18.8 Å². The number of nitrogens with zero attached hydrogens (tertiary/aromatic N) is 3. The van der Waals surface area contributed by atoms with Crippen molar-refractivity contribution in [1.29, 1.82) is 0 Å². The molecule has 100 valence electrons. The molecule has 0 unspecified atom stereocenters. The third-order valence-corrected chi connectivity index (χ3v) is 3.41. The molecule has 0 aromatic carbocycles. The van der Waals surface area contributed by atoms with Crippen molar-refractivity contribution in [2.24, 2.45) is 0 Å². The molecule has 1 aliphatic heterocycles. The summed E-state index contributed by atoms with van der Waals surface area (Å²) in [6.45, 7) is 7.26. The summed E-state index contributed by atoms with van der Waals surface area (Å²) in [6, 6.07) is 2.30. The number of carbonyl (C=O) groups is 1. The van der Waals surface area contributed by atoms with Gasteiger partial charge in [-0.25, -0.2) is 0 Å². The fourth-order valence-electron chi connectivity index (χ4n) is 2.41. The van der Waals surface area contributed by atoms with Crippen LogP contribution in [0.1, 0.15) is 37.2 Å². The van der Waals surface area contributed by atoms with Gasteiger partial charge >= 0.3 is 0 Å². The molecule has 2 heterocycles. The molecule has 1 amide bonds. The Labute approximate surface area is 107 Å². The predicted molar refractivity (Wildman–Crippen MR) is 68.2 cm³/mol. The number of aliphatic hydroxyl groups is 1. The van der Waals surface area contributed by atoms with Crippen LogP contribution in [0.4, 0.5) is 0 Å². The smallest absolute Gasteiger partial charge is 0.251 e. The minimum absolute atomic E-state index is 0.144. The molecule has 0 saturated carbocycles. The van der Waals surface area contributed by atoms with Crippen molar-refractivity contribution in [1.82, 2.24) is 14.7 Å². The molecule has 0 radical (unpaired) electrons. The maximum Gasteiger partial charge on any atom is 0.251 e. The Morgan fingerprint density at radius 1 is 1.56 bits per heavy atom. The van der Waals surface area contributed by atoms with E-state index in [0.717, 1.165) is 17.8 Å². The predicted octanol–water partition coefficient (Wildman–Crippen LogP) is 1.04. The van der Waals surface area contributed by atoms with Gasteiger partial charge in [0.15, 0.2) is 0 Å². The monoisotopic (exact) mass is 251 g/mol. The van der Waals surface area contributed by atoms with Crippen molar-refractivity contribution in [3.8, 4) is 0 Å². The van der Waals surface area contributed by atoms with Gasteiger partial charge in [-0.3, -0.25) is 9.48 Å². The average Bonchev–Trinajstić information content (AvgIpc) is 2.56. The number of aliphatic hydroxyl groups excluding tert-OH is 1. The van der Waals surface area contributed by atoms with Gasteiger partial charge in [-0.1, -0.05) is 13.3 Å². The summed E-state index contributed by atoms with van der Waals surface area (Å²) >= 11 is 0. The van der Waals surface area contributed by atoms with Crippen molar-refractivity contribution in [2.75, 3.05) is 13.1 Å². The van der Waals surface area contributed by atoms with Crippen molar-refractivity contribution >= 4 is 5.91 Å². The summed E-state index contributed by atoms with van der Waals surface area (Å²) in [6.07, 6.45) is 0.526. The van der Waals surface area contributed by atoms with Crippen LogP contribution >= 0.6 is 0 Å². The fraction of sp³-hybridized carbons (Fsp3) is 0.692. The number of hydrogen-bond acceptors (Lipinski definition) is 3. The van der Waals surface area contributed by atoms with E-state index in [-0.39, 0.29) is 11.9 Å². The second-order valence-electron chi connectivity index (χ2n) is 5.07. The highest BCUT2D eigenvalue weighted by Gasteiger charge is 2.35. The summed E-state index contributed by atoms with van der Waals surface area (Å²) in [5.74, 6) is -0.144. The van der Waals surface area contributed by atoms with Crippen LogP contribution in [-0.4, -0.2) is 44.9 Å². The Bertz CT molecular complexity index is 435. The molecule has 1 aromatic rings. The number of hydrogen-bond donors (Lipinski definition) is 1. The zero-order valence-electron chi connectivity index (χ0n) is 11.3. The lowest BCUT2D eigenvalue weighted by atomic mass is 10.1. The van der Waals surface area contributed by atoms with Gasteiger partial charge in [0.2, 0.25) is 0 Å². The Morgan fingerprint density at radius 2 is 2.22 bits per heavy atom. The molecule has 2 rings (SSSR count). The topological polar surface area (TPSA) is 58.4 Å². The van der Waals surface area contributed by atoms with Gasteiger partial charge in [-0.2, -0.15) is 5.10 Å². The number of aromatic nitrogens is 2. The summed E-state index contributed by atoms with van der Waals surface area (Å²) in [4.78, 5) is 13.5. The molecule has 0 bridgehead atoms. The average molecular weight is 251 g/mol. The second kappa shape index (κ2) is 5.10. The molecular weight excluding hydrogens is 230 g/mol. The van der Waals surface area contributed by atoms with Crippen LogP contribution in [0.25, 0.3) is 0 Å². The highest BCUT2D eigenvalue weighted by molar-refractivity contribution is 5.81. The molecule has 1 atom stereocenters. The molecule has 1 N–H and O–H groups in total. The maximum atomic E-state index is 11.8. The van der Waals surface area contributed by atoms with Crippen molar-refractivity contribution < 1.29 is 9.90 Å². The molecule has 1 aliphatic rings. The SMILES string of the molecule is CCC[C@H](O)C(=O)N1CC(n2nc(C)cc2C)C1. The van der Waals surface area contributed by atoms with Gasteiger partial charge < -0.3 is 10.0 Å². The van der Waals surface area contributed by atoms with Gasteiger partial charge in [-0.15, -0.1) is 0 Å². The van der Waals surface area contributed by atoms with Crippen LogP contribution in [0.2, 0.25) is 0 Å². The van der Waals surface area contributed by atoms with Crippen LogP contribution < -0.4 is 0 Å². The van der Waals surface area contributed by atoms with E-state index < -0.39 is 6.10 Å². The Balaban J connectivity index is 1.90. The number of likely N-dealkylation sites (tertiary alicyclic amines) is 1. The van der Waals surface area contributed by atoms with E-state index in [0.29, 0.717) is 19.5 Å². The number of carbonyl (C=O) groups excluding carboxylic acids is 1. The molecule has 0 aliphatic carbocycles. The molecule has 18 heavy (non-hydrogen) atoms. The maximum absolute atomic E-state index is 11.8. The minimum atomic E-state index is -0.837.